The fraction of sp³-hybridized carbons (Fsp3) is 0.241. The number of ether oxygens (including phenoxy) is 1. The Bertz CT molecular complexity index is 1330. The normalized spacial score (nSPS) is 10.7. The molecule has 9 heteroatoms. The number of unbranched alkanes of at least 4 members (excludes halogenated alkanes) is 4. The van der Waals surface area contributed by atoms with Crippen LogP contribution in [0.15, 0.2) is 72.8 Å². The SMILES string of the molecule is O=C(O)CCCCCCCOc1nc(-c2ccc(Cl)cc2)c(-c2ccc(Cl)cc2)n1-c1ccc(Cl)cc1.[H-].[Na+]. The molecule has 0 fully saturated rings. The topological polar surface area (TPSA) is 64.3 Å². The Kier molecular flexibility index (Phi) is 12.0. The largest absolute Gasteiger partial charge is 1.00 e. The molecule has 0 aliphatic heterocycles. The van der Waals surface area contributed by atoms with Gasteiger partial charge in [0.15, 0.2) is 0 Å². The Morgan fingerprint density at radius 3 is 1.84 bits per heavy atom. The van der Waals surface area contributed by atoms with Gasteiger partial charge in [0.1, 0.15) is 5.69 Å². The standard InChI is InChI=1S/C29H27Cl3N2O3.Na.H/c30-22-11-7-20(8-12-22)27-28(21-9-13-23(31)14-10-21)34(25-17-15-24(32)16-18-25)29(33-27)37-19-5-3-1-2-4-6-26(35)36;;/h7-18H,1-6,19H2,(H,35,36);;/q;+1;-1. The number of imidazole rings is 1. The first-order valence-corrected chi connectivity index (χ1v) is 13.3. The van der Waals surface area contributed by atoms with E-state index in [0.29, 0.717) is 34.1 Å². The summed E-state index contributed by atoms with van der Waals surface area (Å²) in [5, 5.41) is 10.7. The van der Waals surface area contributed by atoms with Gasteiger partial charge >= 0.3 is 41.5 Å². The molecule has 0 aliphatic rings. The fourth-order valence-corrected chi connectivity index (χ4v) is 4.46. The zero-order valence-corrected chi connectivity index (χ0v) is 25.4. The van der Waals surface area contributed by atoms with Crippen molar-refractivity contribution < 1.29 is 45.6 Å². The van der Waals surface area contributed by atoms with Crippen LogP contribution in [-0.2, 0) is 4.79 Å². The first kappa shape index (κ1) is 30.6. The molecule has 0 bridgehead atoms. The average Bonchev–Trinajstić information content (AvgIpc) is 3.26. The molecular formula is C29H28Cl3N2NaO3. The quantitative estimate of drug-likeness (QED) is 0.163. The van der Waals surface area contributed by atoms with Crippen LogP contribution in [0.3, 0.4) is 0 Å². The van der Waals surface area contributed by atoms with Gasteiger partial charge in [0.05, 0.1) is 18.0 Å². The van der Waals surface area contributed by atoms with Crippen molar-refractivity contribution in [1.82, 2.24) is 9.55 Å². The van der Waals surface area contributed by atoms with Crippen molar-refractivity contribution in [2.75, 3.05) is 6.61 Å². The van der Waals surface area contributed by atoms with Crippen molar-refractivity contribution >= 4 is 40.8 Å². The summed E-state index contributed by atoms with van der Waals surface area (Å²) in [7, 11) is 0. The monoisotopic (exact) mass is 580 g/mol. The summed E-state index contributed by atoms with van der Waals surface area (Å²) < 4.78 is 8.25. The number of hydrogen-bond acceptors (Lipinski definition) is 3. The van der Waals surface area contributed by atoms with Crippen molar-refractivity contribution in [3.05, 3.63) is 87.9 Å². The predicted octanol–water partition coefficient (Wildman–Crippen LogP) is 6.09. The molecule has 0 saturated carbocycles. The first-order valence-electron chi connectivity index (χ1n) is 12.2. The molecular weight excluding hydrogens is 554 g/mol. The second-order valence-electron chi connectivity index (χ2n) is 8.68. The van der Waals surface area contributed by atoms with Crippen LogP contribution >= 0.6 is 34.8 Å². The molecule has 38 heavy (non-hydrogen) atoms. The van der Waals surface area contributed by atoms with Gasteiger partial charge < -0.3 is 11.3 Å². The Balaban J connectivity index is 0.00000267. The number of aliphatic carboxylic acids is 1. The minimum atomic E-state index is -0.745. The fourth-order valence-electron chi connectivity index (χ4n) is 4.08. The van der Waals surface area contributed by atoms with E-state index in [1.54, 1.807) is 0 Å². The zero-order chi connectivity index (χ0) is 26.2. The van der Waals surface area contributed by atoms with Gasteiger partial charge in [-0.25, -0.2) is 0 Å². The molecule has 0 atom stereocenters. The van der Waals surface area contributed by atoms with E-state index in [9.17, 15) is 4.79 Å². The second kappa shape index (κ2) is 15.0. The number of benzene rings is 3. The molecule has 0 aliphatic carbocycles. The number of carboxylic acid groups (broad SMARTS) is 1. The molecule has 4 aromatic rings. The molecule has 1 aromatic heterocycles. The summed E-state index contributed by atoms with van der Waals surface area (Å²) in [4.78, 5) is 15.6. The van der Waals surface area contributed by atoms with E-state index in [1.165, 1.54) is 0 Å². The maximum Gasteiger partial charge on any atom is 1.00 e. The van der Waals surface area contributed by atoms with Crippen LogP contribution in [0.1, 0.15) is 40.0 Å². The molecule has 0 saturated heterocycles. The first-order chi connectivity index (χ1) is 17.9. The maximum atomic E-state index is 10.7. The molecule has 0 unspecified atom stereocenters. The minimum absolute atomic E-state index is 0. The van der Waals surface area contributed by atoms with Gasteiger partial charge in [0.2, 0.25) is 0 Å². The van der Waals surface area contributed by atoms with Gasteiger partial charge in [-0.15, -0.1) is 0 Å². The maximum absolute atomic E-state index is 10.7. The third kappa shape index (κ3) is 8.25. The molecule has 0 radical (unpaired) electrons. The van der Waals surface area contributed by atoms with Gasteiger partial charge in [-0.1, -0.05) is 78.3 Å². The second-order valence-corrected chi connectivity index (χ2v) is 9.99. The summed E-state index contributed by atoms with van der Waals surface area (Å²) in [6.45, 7) is 0.490. The van der Waals surface area contributed by atoms with Crippen LogP contribution in [0.5, 0.6) is 6.01 Å². The summed E-state index contributed by atoms with van der Waals surface area (Å²) >= 11 is 18.5. The van der Waals surface area contributed by atoms with Crippen LogP contribution in [0.2, 0.25) is 15.1 Å². The van der Waals surface area contributed by atoms with Crippen molar-refractivity contribution in [3.8, 4) is 34.2 Å². The third-order valence-electron chi connectivity index (χ3n) is 5.93. The van der Waals surface area contributed by atoms with Crippen molar-refractivity contribution in [3.63, 3.8) is 0 Å². The third-order valence-corrected chi connectivity index (χ3v) is 6.69. The molecule has 0 spiro atoms. The van der Waals surface area contributed by atoms with Gasteiger partial charge in [-0.3, -0.25) is 9.36 Å². The summed E-state index contributed by atoms with van der Waals surface area (Å²) in [5.74, 6) is -0.745. The number of hydrogen-bond donors (Lipinski definition) is 1. The minimum Gasteiger partial charge on any atom is -1.00 e. The van der Waals surface area contributed by atoms with Crippen LogP contribution in [0, 0.1) is 0 Å². The van der Waals surface area contributed by atoms with Crippen LogP contribution in [0.25, 0.3) is 28.2 Å². The van der Waals surface area contributed by atoms with E-state index in [-0.39, 0.29) is 37.4 Å². The summed E-state index contributed by atoms with van der Waals surface area (Å²) in [5.41, 5.74) is 4.34. The molecule has 3 aromatic carbocycles. The van der Waals surface area contributed by atoms with E-state index in [1.807, 2.05) is 77.4 Å². The molecule has 0 amide bonds. The smallest absolute Gasteiger partial charge is 1.00 e. The molecule has 1 heterocycles. The van der Waals surface area contributed by atoms with Gasteiger partial charge in [-0.05, 0) is 61.4 Å². The number of aromatic nitrogens is 2. The molecule has 4 rings (SSSR count). The Morgan fingerprint density at radius 2 is 1.26 bits per heavy atom. The van der Waals surface area contributed by atoms with Crippen molar-refractivity contribution in [2.24, 2.45) is 0 Å². The number of carbonyl (C=O) groups is 1. The van der Waals surface area contributed by atoms with E-state index in [2.05, 4.69) is 0 Å². The van der Waals surface area contributed by atoms with Gasteiger partial charge in [0.25, 0.3) is 0 Å². The average molecular weight is 582 g/mol. The molecule has 1 N–H and O–H groups in total. The van der Waals surface area contributed by atoms with E-state index < -0.39 is 5.97 Å². The van der Waals surface area contributed by atoms with Gasteiger partial charge in [0, 0.05) is 32.6 Å². The Labute approximate surface area is 261 Å². The number of carboxylic acids is 1. The predicted molar refractivity (Wildman–Crippen MR) is 151 cm³/mol. The number of nitrogens with zero attached hydrogens (tertiary/aromatic N) is 2. The Morgan fingerprint density at radius 1 is 0.763 bits per heavy atom. The number of halogens is 3. The van der Waals surface area contributed by atoms with Crippen molar-refractivity contribution in [1.29, 1.82) is 0 Å². The van der Waals surface area contributed by atoms with Gasteiger partial charge in [-0.2, -0.15) is 4.98 Å². The summed E-state index contributed by atoms with van der Waals surface area (Å²) in [6, 6.07) is 23.2. The van der Waals surface area contributed by atoms with E-state index in [0.717, 1.165) is 53.9 Å². The summed E-state index contributed by atoms with van der Waals surface area (Å²) in [6.07, 6.45) is 4.58. The molecule has 5 nitrogen and oxygen atoms in total. The Hall–Kier alpha value is -1.99. The van der Waals surface area contributed by atoms with Crippen LogP contribution in [-0.4, -0.2) is 27.2 Å². The van der Waals surface area contributed by atoms with Crippen molar-refractivity contribution in [2.45, 2.75) is 38.5 Å². The zero-order valence-electron chi connectivity index (χ0n) is 22.2. The van der Waals surface area contributed by atoms with Crippen LogP contribution < -0.4 is 34.3 Å². The number of rotatable bonds is 12. The van der Waals surface area contributed by atoms with Crippen LogP contribution in [0.4, 0.5) is 0 Å². The van der Waals surface area contributed by atoms with E-state index >= 15 is 0 Å². The van der Waals surface area contributed by atoms with E-state index in [4.69, 9.17) is 49.6 Å². The molecule has 194 valence electrons.